The molecule has 0 radical (unpaired) electrons. The standard InChI is InChI=1S/C22H25NO5/c1-24-18-9-7-14(21(27-4)22(18)28-5)6-8-17-16-13-20(26-3)19(25-2)12-15(16)10-11-23-17/h6-9,12-13H,10-11H2,1-5H3. The summed E-state index contributed by atoms with van der Waals surface area (Å²) < 4.78 is 27.2. The molecule has 0 saturated heterocycles. The fourth-order valence-electron chi connectivity index (χ4n) is 3.32. The number of fused-ring (bicyclic) bond motifs is 1. The molecule has 1 aliphatic rings. The van der Waals surface area contributed by atoms with Crippen LogP contribution in [-0.2, 0) is 6.42 Å². The van der Waals surface area contributed by atoms with Crippen LogP contribution >= 0.6 is 0 Å². The Morgan fingerprint density at radius 1 is 0.750 bits per heavy atom. The van der Waals surface area contributed by atoms with Crippen molar-refractivity contribution < 1.29 is 23.7 Å². The highest BCUT2D eigenvalue weighted by atomic mass is 16.5. The molecule has 0 bridgehead atoms. The summed E-state index contributed by atoms with van der Waals surface area (Å²) in [6.45, 7) is 0.727. The molecule has 28 heavy (non-hydrogen) atoms. The van der Waals surface area contributed by atoms with Crippen LogP contribution in [0.1, 0.15) is 16.7 Å². The average Bonchev–Trinajstić information content (AvgIpc) is 2.75. The molecule has 2 aromatic rings. The van der Waals surface area contributed by atoms with Gasteiger partial charge in [0.05, 0.1) is 41.3 Å². The molecule has 3 rings (SSSR count). The van der Waals surface area contributed by atoms with Crippen LogP contribution in [0.4, 0.5) is 0 Å². The molecule has 0 spiro atoms. The van der Waals surface area contributed by atoms with E-state index in [1.54, 1.807) is 35.5 Å². The molecular weight excluding hydrogens is 358 g/mol. The van der Waals surface area contributed by atoms with Gasteiger partial charge in [-0.3, -0.25) is 4.99 Å². The first-order valence-electron chi connectivity index (χ1n) is 8.93. The maximum atomic E-state index is 5.55. The van der Waals surface area contributed by atoms with Gasteiger partial charge in [-0.2, -0.15) is 0 Å². The highest BCUT2D eigenvalue weighted by Crippen LogP contribution is 2.40. The van der Waals surface area contributed by atoms with Gasteiger partial charge in [0.1, 0.15) is 0 Å². The van der Waals surface area contributed by atoms with E-state index in [1.807, 2.05) is 36.4 Å². The van der Waals surface area contributed by atoms with E-state index in [2.05, 4.69) is 4.99 Å². The predicted molar refractivity (Wildman–Crippen MR) is 110 cm³/mol. The van der Waals surface area contributed by atoms with Gasteiger partial charge < -0.3 is 23.7 Å². The smallest absolute Gasteiger partial charge is 0.203 e. The summed E-state index contributed by atoms with van der Waals surface area (Å²) in [5, 5.41) is 0. The molecule has 6 nitrogen and oxygen atoms in total. The van der Waals surface area contributed by atoms with E-state index >= 15 is 0 Å². The zero-order chi connectivity index (χ0) is 20.1. The fourth-order valence-corrected chi connectivity index (χ4v) is 3.32. The van der Waals surface area contributed by atoms with Crippen LogP contribution in [0, 0.1) is 0 Å². The van der Waals surface area contributed by atoms with Gasteiger partial charge in [-0.15, -0.1) is 0 Å². The van der Waals surface area contributed by atoms with Gasteiger partial charge in [-0.1, -0.05) is 0 Å². The number of rotatable bonds is 7. The van der Waals surface area contributed by atoms with E-state index < -0.39 is 0 Å². The van der Waals surface area contributed by atoms with E-state index in [0.717, 1.165) is 35.6 Å². The Morgan fingerprint density at radius 2 is 1.43 bits per heavy atom. The molecule has 0 unspecified atom stereocenters. The predicted octanol–water partition coefficient (Wildman–Crippen LogP) is 3.79. The quantitative estimate of drug-likeness (QED) is 0.728. The van der Waals surface area contributed by atoms with Crippen molar-refractivity contribution in [2.45, 2.75) is 6.42 Å². The van der Waals surface area contributed by atoms with Gasteiger partial charge in [0, 0.05) is 17.7 Å². The molecule has 1 heterocycles. The first-order chi connectivity index (χ1) is 13.7. The number of nitrogens with zero attached hydrogens (tertiary/aromatic N) is 1. The molecule has 0 fully saturated rings. The van der Waals surface area contributed by atoms with Gasteiger partial charge in [0.2, 0.25) is 5.75 Å². The third-order valence-electron chi connectivity index (χ3n) is 4.70. The minimum atomic E-state index is 0.560. The van der Waals surface area contributed by atoms with Gasteiger partial charge in [0.15, 0.2) is 23.0 Å². The summed E-state index contributed by atoms with van der Waals surface area (Å²) in [6, 6.07) is 7.77. The van der Waals surface area contributed by atoms with Crippen molar-refractivity contribution in [2.24, 2.45) is 4.99 Å². The van der Waals surface area contributed by atoms with Crippen LogP contribution in [-0.4, -0.2) is 47.8 Å². The highest BCUT2D eigenvalue weighted by molar-refractivity contribution is 6.12. The summed E-state index contributed by atoms with van der Waals surface area (Å²) in [5.74, 6) is 3.21. The van der Waals surface area contributed by atoms with Gasteiger partial charge >= 0.3 is 0 Å². The lowest BCUT2D eigenvalue weighted by molar-refractivity contribution is 0.324. The number of aliphatic imine (C=N–C) groups is 1. The second kappa shape index (κ2) is 8.69. The van der Waals surface area contributed by atoms with E-state index in [4.69, 9.17) is 23.7 Å². The lowest BCUT2D eigenvalue weighted by Crippen LogP contribution is -2.11. The Morgan fingerprint density at radius 3 is 2.07 bits per heavy atom. The Balaban J connectivity index is 2.00. The molecular formula is C22H25NO5. The van der Waals surface area contributed by atoms with Crippen molar-refractivity contribution in [1.29, 1.82) is 0 Å². The number of hydrogen-bond donors (Lipinski definition) is 0. The summed E-state index contributed by atoms with van der Waals surface area (Å²) in [6.07, 6.45) is 4.81. The summed E-state index contributed by atoms with van der Waals surface area (Å²) in [5.41, 5.74) is 3.99. The van der Waals surface area contributed by atoms with Gasteiger partial charge in [0.25, 0.3) is 0 Å². The minimum Gasteiger partial charge on any atom is -0.493 e. The monoisotopic (exact) mass is 383 g/mol. The molecule has 1 aliphatic heterocycles. The molecule has 6 heteroatoms. The van der Waals surface area contributed by atoms with Crippen molar-refractivity contribution in [2.75, 3.05) is 42.1 Å². The van der Waals surface area contributed by atoms with Crippen molar-refractivity contribution in [3.63, 3.8) is 0 Å². The second-order valence-corrected chi connectivity index (χ2v) is 6.14. The third-order valence-corrected chi connectivity index (χ3v) is 4.70. The molecule has 148 valence electrons. The van der Waals surface area contributed by atoms with Gasteiger partial charge in [-0.25, -0.2) is 0 Å². The zero-order valence-electron chi connectivity index (χ0n) is 16.9. The minimum absolute atomic E-state index is 0.560. The normalized spacial score (nSPS) is 13.0. The van der Waals surface area contributed by atoms with Gasteiger partial charge in [-0.05, 0) is 48.4 Å². The van der Waals surface area contributed by atoms with E-state index in [-0.39, 0.29) is 0 Å². The highest BCUT2D eigenvalue weighted by Gasteiger charge is 2.18. The first-order valence-corrected chi connectivity index (χ1v) is 8.93. The lowest BCUT2D eigenvalue weighted by atomic mass is 9.96. The number of ether oxygens (including phenoxy) is 5. The first kappa shape index (κ1) is 19.6. The topological polar surface area (TPSA) is 58.5 Å². The van der Waals surface area contributed by atoms with Crippen molar-refractivity contribution in [3.05, 3.63) is 47.0 Å². The molecule has 0 saturated carbocycles. The van der Waals surface area contributed by atoms with Crippen LogP contribution in [0.2, 0.25) is 0 Å². The molecule has 0 N–H and O–H groups in total. The molecule has 0 aromatic heterocycles. The fraction of sp³-hybridized carbons (Fsp3) is 0.318. The maximum Gasteiger partial charge on any atom is 0.203 e. The number of benzene rings is 2. The summed E-state index contributed by atoms with van der Waals surface area (Å²) in [4.78, 5) is 4.69. The van der Waals surface area contributed by atoms with E-state index in [9.17, 15) is 0 Å². The number of methoxy groups -OCH3 is 5. The SMILES string of the molecule is COc1cc2c(cc1OC)C(C=Cc1ccc(OC)c(OC)c1OC)=NCC2. The summed E-state index contributed by atoms with van der Waals surface area (Å²) in [7, 11) is 8.08. The van der Waals surface area contributed by atoms with Crippen LogP contribution in [0.25, 0.3) is 6.08 Å². The Bertz CT molecular complexity index is 918. The van der Waals surface area contributed by atoms with Crippen LogP contribution in [0.5, 0.6) is 28.7 Å². The molecule has 2 aromatic carbocycles. The Hall–Kier alpha value is -3.15. The number of allylic oxidation sites excluding steroid dienone is 1. The number of hydrogen-bond acceptors (Lipinski definition) is 6. The largest absolute Gasteiger partial charge is 0.493 e. The average molecular weight is 383 g/mol. The zero-order valence-corrected chi connectivity index (χ0v) is 16.9. The Labute approximate surface area is 165 Å². The summed E-state index contributed by atoms with van der Waals surface area (Å²) >= 11 is 0. The van der Waals surface area contributed by atoms with E-state index in [1.165, 1.54) is 5.56 Å². The Kier molecular flexibility index (Phi) is 6.09. The molecule has 0 amide bonds. The van der Waals surface area contributed by atoms with E-state index in [0.29, 0.717) is 23.0 Å². The molecule has 0 atom stereocenters. The third kappa shape index (κ3) is 3.63. The van der Waals surface area contributed by atoms with Crippen LogP contribution < -0.4 is 23.7 Å². The van der Waals surface area contributed by atoms with Crippen LogP contribution in [0.3, 0.4) is 0 Å². The molecule has 0 aliphatic carbocycles. The maximum absolute atomic E-state index is 5.55. The van der Waals surface area contributed by atoms with Crippen molar-refractivity contribution >= 4 is 11.8 Å². The lowest BCUT2D eigenvalue weighted by Gasteiger charge is -2.18. The van der Waals surface area contributed by atoms with Crippen molar-refractivity contribution in [1.82, 2.24) is 0 Å². The van der Waals surface area contributed by atoms with Crippen molar-refractivity contribution in [3.8, 4) is 28.7 Å². The second-order valence-electron chi connectivity index (χ2n) is 6.14. The van der Waals surface area contributed by atoms with Crippen LogP contribution in [0.15, 0.2) is 35.3 Å².